The number of carbonyl (C=O) groups excluding carboxylic acids is 3. The molecule has 5 rings (SSSR count). The quantitative estimate of drug-likeness (QED) is 0.402. The van der Waals surface area contributed by atoms with Gasteiger partial charge >= 0.3 is 0 Å². The molecule has 2 aromatic carbocycles. The highest BCUT2D eigenvalue weighted by Gasteiger charge is 2.43. The smallest absolute Gasteiger partial charge is 0.175 e. The Kier molecular flexibility index (Phi) is 8.14. The van der Waals surface area contributed by atoms with Crippen LogP contribution >= 0.6 is 27.5 Å². The van der Waals surface area contributed by atoms with Gasteiger partial charge in [-0.15, -0.1) is 0 Å². The van der Waals surface area contributed by atoms with Crippen molar-refractivity contribution in [1.29, 1.82) is 0 Å². The molecule has 0 N–H and O–H groups in total. The second-order valence-electron chi connectivity index (χ2n) is 9.84. The van der Waals surface area contributed by atoms with Gasteiger partial charge in [-0.1, -0.05) is 23.7 Å². The normalized spacial score (nSPS) is 17.8. The largest absolute Gasteiger partial charge is 0.548 e. The summed E-state index contributed by atoms with van der Waals surface area (Å²) >= 11 is 9.65. The molecule has 0 radical (unpaired) electrons. The van der Waals surface area contributed by atoms with E-state index in [2.05, 4.69) is 15.9 Å². The van der Waals surface area contributed by atoms with Crippen LogP contribution in [0.25, 0.3) is 0 Å². The van der Waals surface area contributed by atoms with Crippen LogP contribution < -0.4 is 14.6 Å². The van der Waals surface area contributed by atoms with Crippen LogP contribution in [0, 0.1) is 0 Å². The first-order valence-corrected chi connectivity index (χ1v) is 14.3. The number of ketones is 2. The van der Waals surface area contributed by atoms with Crippen molar-refractivity contribution >= 4 is 45.1 Å². The predicted octanol–water partition coefficient (Wildman–Crippen LogP) is 5.24. The number of carbonyl (C=O) groups is 3. The summed E-state index contributed by atoms with van der Waals surface area (Å²) in [7, 11) is 0. The van der Waals surface area contributed by atoms with Crippen molar-refractivity contribution in [2.45, 2.75) is 58.0 Å². The predicted molar refractivity (Wildman–Crippen MR) is 147 cm³/mol. The zero-order chi connectivity index (χ0) is 27.7. The monoisotopic (exact) mass is 612 g/mol. The Morgan fingerprint density at radius 3 is 2.18 bits per heavy atom. The van der Waals surface area contributed by atoms with Crippen LogP contribution in [0.15, 0.2) is 63.4 Å². The number of ether oxygens (including phenoxy) is 2. The van der Waals surface area contributed by atoms with Crippen LogP contribution in [-0.2, 0) is 21.0 Å². The first-order valence-electron chi connectivity index (χ1n) is 13.1. The van der Waals surface area contributed by atoms with Crippen LogP contribution in [0.2, 0.25) is 5.02 Å². The summed E-state index contributed by atoms with van der Waals surface area (Å²) in [5.41, 5.74) is 4.03. The van der Waals surface area contributed by atoms with Crippen molar-refractivity contribution in [2.24, 2.45) is 0 Å². The molecule has 9 heteroatoms. The third kappa shape index (κ3) is 5.50. The Morgan fingerprint density at radius 1 is 1.00 bits per heavy atom. The van der Waals surface area contributed by atoms with Gasteiger partial charge in [-0.25, -0.2) is 0 Å². The molecule has 3 aliphatic rings. The van der Waals surface area contributed by atoms with Crippen LogP contribution in [0.5, 0.6) is 11.5 Å². The molecule has 0 unspecified atom stereocenters. The topological polar surface area (TPSA) is 96.0 Å². The van der Waals surface area contributed by atoms with Crippen molar-refractivity contribution in [2.75, 3.05) is 13.2 Å². The van der Waals surface area contributed by atoms with E-state index in [1.807, 2.05) is 31.2 Å². The maximum absolute atomic E-state index is 13.4. The lowest BCUT2D eigenvalue weighted by Crippen LogP contribution is -2.44. The summed E-state index contributed by atoms with van der Waals surface area (Å²) in [6.45, 7) is 2.17. The molecule has 1 heterocycles. The molecule has 0 atom stereocenters. The molecule has 0 saturated carbocycles. The molecule has 0 saturated heterocycles. The Hall–Kier alpha value is -3.10. The standard InChI is InChI=1S/C30H29BrClNO6/c1-2-38-25-14-18(13-20(31)30(25)39-16-17-9-11-19(32)12-10-17)27-28-21(5-3-7-23(28)34)33(15-26(36)37)22-6-4-8-24(35)29(22)27/h9-14,27H,2-8,15-16H2,1H3,(H,36,37)/p-1. The highest BCUT2D eigenvalue weighted by molar-refractivity contribution is 9.10. The van der Waals surface area contributed by atoms with E-state index in [1.165, 1.54) is 0 Å². The molecule has 39 heavy (non-hydrogen) atoms. The summed E-state index contributed by atoms with van der Waals surface area (Å²) in [6.07, 6.45) is 3.11. The Morgan fingerprint density at radius 2 is 1.62 bits per heavy atom. The van der Waals surface area contributed by atoms with Gasteiger partial charge in [-0.3, -0.25) is 9.59 Å². The van der Waals surface area contributed by atoms with Crippen LogP contribution in [0.3, 0.4) is 0 Å². The molecule has 0 bridgehead atoms. The van der Waals surface area contributed by atoms with Gasteiger partial charge < -0.3 is 24.3 Å². The third-order valence-electron chi connectivity index (χ3n) is 7.34. The lowest BCUT2D eigenvalue weighted by Gasteiger charge is -2.44. The fourth-order valence-electron chi connectivity index (χ4n) is 5.76. The second kappa shape index (κ2) is 11.6. The number of allylic oxidation sites excluding steroid dienone is 4. The van der Waals surface area contributed by atoms with Crippen molar-refractivity contribution < 1.29 is 29.0 Å². The van der Waals surface area contributed by atoms with E-state index < -0.39 is 11.9 Å². The van der Waals surface area contributed by atoms with Crippen LogP contribution in [-0.4, -0.2) is 35.6 Å². The number of Topliss-reactive ketones (excluding diaryl/α,β-unsaturated/α-hetero) is 2. The summed E-state index contributed by atoms with van der Waals surface area (Å²) in [6, 6.07) is 11.1. The average Bonchev–Trinajstić information content (AvgIpc) is 2.90. The number of aliphatic carboxylic acids is 1. The van der Waals surface area contributed by atoms with E-state index in [0.717, 1.165) is 11.1 Å². The van der Waals surface area contributed by atoms with Gasteiger partial charge in [-0.05, 0) is 83.9 Å². The molecule has 7 nitrogen and oxygen atoms in total. The summed E-state index contributed by atoms with van der Waals surface area (Å²) in [5.74, 6) is -0.971. The van der Waals surface area contributed by atoms with Gasteiger partial charge in [0.2, 0.25) is 0 Å². The number of nitrogens with zero attached hydrogens (tertiary/aromatic N) is 1. The number of hydrogen-bond donors (Lipinski definition) is 0. The van der Waals surface area contributed by atoms with Crippen molar-refractivity contribution in [3.05, 3.63) is 79.6 Å². The first kappa shape index (κ1) is 27.5. The summed E-state index contributed by atoms with van der Waals surface area (Å²) < 4.78 is 12.8. The fourth-order valence-corrected chi connectivity index (χ4v) is 6.46. The van der Waals surface area contributed by atoms with E-state index in [-0.39, 0.29) is 18.1 Å². The lowest BCUT2D eigenvalue weighted by atomic mass is 9.71. The van der Waals surface area contributed by atoms with Crippen molar-refractivity contribution in [3.63, 3.8) is 0 Å². The van der Waals surface area contributed by atoms with Gasteiger partial charge in [0.1, 0.15) is 6.61 Å². The highest BCUT2D eigenvalue weighted by atomic mass is 79.9. The number of hydrogen-bond acceptors (Lipinski definition) is 7. The second-order valence-corrected chi connectivity index (χ2v) is 11.1. The first-order chi connectivity index (χ1) is 18.8. The van der Waals surface area contributed by atoms with Crippen LogP contribution in [0.1, 0.15) is 62.5 Å². The lowest BCUT2D eigenvalue weighted by molar-refractivity contribution is -0.305. The van der Waals surface area contributed by atoms with Crippen molar-refractivity contribution in [3.8, 4) is 11.5 Å². The molecule has 2 aliphatic carbocycles. The molecule has 0 amide bonds. The van der Waals surface area contributed by atoms with Gasteiger partial charge in [-0.2, -0.15) is 0 Å². The Bertz CT molecular complexity index is 1350. The SMILES string of the molecule is CCOc1cc(C2C3=C(CCCC3=O)N(CC(=O)[O-])C3=C2C(=O)CCC3)cc(Br)c1OCc1ccc(Cl)cc1. The van der Waals surface area contributed by atoms with Gasteiger partial charge in [0.15, 0.2) is 23.1 Å². The average molecular weight is 614 g/mol. The molecule has 0 fully saturated rings. The van der Waals surface area contributed by atoms with Gasteiger partial charge in [0.25, 0.3) is 0 Å². The Labute approximate surface area is 240 Å². The molecule has 0 spiro atoms. The zero-order valence-corrected chi connectivity index (χ0v) is 23.9. The molecule has 2 aromatic rings. The van der Waals surface area contributed by atoms with E-state index in [4.69, 9.17) is 21.1 Å². The highest BCUT2D eigenvalue weighted by Crippen LogP contribution is 2.51. The maximum atomic E-state index is 13.4. The van der Waals surface area contributed by atoms with E-state index in [0.29, 0.717) is 95.3 Å². The number of rotatable bonds is 8. The van der Waals surface area contributed by atoms with Crippen LogP contribution in [0.4, 0.5) is 0 Å². The summed E-state index contributed by atoms with van der Waals surface area (Å²) in [5, 5.41) is 12.3. The molecule has 0 aromatic heterocycles. The number of carboxylic acid groups (broad SMARTS) is 1. The van der Waals surface area contributed by atoms with Gasteiger partial charge in [0, 0.05) is 46.3 Å². The van der Waals surface area contributed by atoms with E-state index in [9.17, 15) is 19.5 Å². The number of benzene rings is 2. The third-order valence-corrected chi connectivity index (χ3v) is 8.18. The van der Waals surface area contributed by atoms with E-state index >= 15 is 0 Å². The van der Waals surface area contributed by atoms with Gasteiger partial charge in [0.05, 0.1) is 23.6 Å². The Balaban J connectivity index is 1.61. The number of halogens is 2. The molecular formula is C30H28BrClNO6-. The molecule has 1 aliphatic heterocycles. The summed E-state index contributed by atoms with van der Waals surface area (Å²) in [4.78, 5) is 40.2. The van der Waals surface area contributed by atoms with Crippen molar-refractivity contribution in [1.82, 2.24) is 4.90 Å². The minimum absolute atomic E-state index is 0.0633. The minimum Gasteiger partial charge on any atom is -0.548 e. The molecule has 204 valence electrons. The zero-order valence-electron chi connectivity index (χ0n) is 21.6. The fraction of sp³-hybridized carbons (Fsp3) is 0.367. The minimum atomic E-state index is -1.24. The maximum Gasteiger partial charge on any atom is 0.175 e. The number of carboxylic acids is 1. The molecular weight excluding hydrogens is 586 g/mol. The van der Waals surface area contributed by atoms with E-state index in [1.54, 1.807) is 17.0 Å².